The van der Waals surface area contributed by atoms with E-state index in [9.17, 15) is 4.79 Å². The van der Waals surface area contributed by atoms with Crippen LogP contribution in [-0.4, -0.2) is 52.6 Å². The number of carbonyl (C=O) groups excluding carboxylic acids is 1. The van der Waals surface area contributed by atoms with E-state index in [1.54, 1.807) is 24.4 Å². The topological polar surface area (TPSA) is 106 Å². The fourth-order valence-corrected chi connectivity index (χ4v) is 3.18. The summed E-state index contributed by atoms with van der Waals surface area (Å²) < 4.78 is 11.0. The van der Waals surface area contributed by atoms with Gasteiger partial charge in [0.05, 0.1) is 25.8 Å². The molecule has 1 unspecified atom stereocenters. The number of aromatic amines is 1. The van der Waals surface area contributed by atoms with E-state index in [0.717, 1.165) is 10.9 Å². The third-order valence-electron chi connectivity index (χ3n) is 4.53. The van der Waals surface area contributed by atoms with Gasteiger partial charge in [0.2, 0.25) is 0 Å². The summed E-state index contributed by atoms with van der Waals surface area (Å²) in [6.07, 6.45) is 4.44. The van der Waals surface area contributed by atoms with E-state index in [0.29, 0.717) is 42.5 Å². The summed E-state index contributed by atoms with van der Waals surface area (Å²) in [6, 6.07) is 5.61. The first-order chi connectivity index (χ1) is 12.7. The highest BCUT2D eigenvalue weighted by Gasteiger charge is 2.29. The number of nitrogen functional groups attached to an aromatic ring is 1. The van der Waals surface area contributed by atoms with Crippen LogP contribution in [0.1, 0.15) is 22.2 Å². The summed E-state index contributed by atoms with van der Waals surface area (Å²) in [5, 5.41) is 0.830. The minimum absolute atomic E-state index is 0.0692. The number of hydrogen-bond donors (Lipinski definition) is 2. The highest BCUT2D eigenvalue weighted by molar-refractivity contribution is 6.07. The molecule has 1 fully saturated rings. The van der Waals surface area contributed by atoms with Crippen LogP contribution in [0.5, 0.6) is 5.75 Å². The fourth-order valence-electron chi connectivity index (χ4n) is 3.18. The van der Waals surface area contributed by atoms with Crippen molar-refractivity contribution in [3.63, 3.8) is 0 Å². The third kappa shape index (κ3) is 2.84. The van der Waals surface area contributed by atoms with Gasteiger partial charge in [0.25, 0.3) is 5.91 Å². The molecular weight excluding hydrogens is 334 g/mol. The lowest BCUT2D eigenvalue weighted by Gasteiger charge is -2.32. The van der Waals surface area contributed by atoms with Gasteiger partial charge in [0.15, 0.2) is 0 Å². The first-order valence-electron chi connectivity index (χ1n) is 8.29. The number of carbonyl (C=O) groups is 1. The van der Waals surface area contributed by atoms with Gasteiger partial charge in [-0.15, -0.1) is 0 Å². The maximum Gasteiger partial charge on any atom is 0.256 e. The average Bonchev–Trinajstić information content (AvgIpc) is 3.11. The van der Waals surface area contributed by atoms with Crippen LogP contribution in [0.25, 0.3) is 10.9 Å². The zero-order chi connectivity index (χ0) is 18.1. The standard InChI is InChI=1S/C18H19N5O3/c1-25-11-2-3-14-12(8-11)13(9-22-14)18(24)23-6-7-26-15(10-23)16-17(19)21-5-4-20-16/h2-5,8-9,15,22H,6-7,10H2,1H3,(H2,19,21). The number of methoxy groups -OCH3 is 1. The van der Waals surface area contributed by atoms with Crippen molar-refractivity contribution < 1.29 is 14.3 Å². The maximum absolute atomic E-state index is 13.1. The Labute approximate surface area is 149 Å². The van der Waals surface area contributed by atoms with E-state index >= 15 is 0 Å². The number of ether oxygens (including phenoxy) is 2. The van der Waals surface area contributed by atoms with E-state index in [4.69, 9.17) is 15.2 Å². The van der Waals surface area contributed by atoms with Gasteiger partial charge in [-0.3, -0.25) is 9.78 Å². The predicted molar refractivity (Wildman–Crippen MR) is 95.9 cm³/mol. The normalized spacial score (nSPS) is 17.4. The molecule has 1 atom stereocenters. The number of H-pyrrole nitrogens is 1. The SMILES string of the molecule is COc1ccc2[nH]cc(C(=O)N3CCOC(c4nccnc4N)C3)c2c1. The molecule has 1 aliphatic heterocycles. The van der Waals surface area contributed by atoms with Crippen LogP contribution < -0.4 is 10.5 Å². The first kappa shape index (κ1) is 16.3. The number of amides is 1. The van der Waals surface area contributed by atoms with Gasteiger partial charge in [-0.25, -0.2) is 4.98 Å². The molecule has 3 heterocycles. The van der Waals surface area contributed by atoms with Crippen molar-refractivity contribution in [3.05, 3.63) is 48.0 Å². The number of benzene rings is 1. The zero-order valence-corrected chi connectivity index (χ0v) is 14.3. The molecule has 0 bridgehead atoms. The van der Waals surface area contributed by atoms with Crippen LogP contribution in [-0.2, 0) is 4.74 Å². The van der Waals surface area contributed by atoms with Gasteiger partial charge in [-0.1, -0.05) is 0 Å². The molecule has 1 aromatic carbocycles. The number of nitrogens with two attached hydrogens (primary N) is 1. The summed E-state index contributed by atoms with van der Waals surface area (Å²) in [5.74, 6) is 0.960. The van der Waals surface area contributed by atoms with Crippen LogP contribution >= 0.6 is 0 Å². The second-order valence-corrected chi connectivity index (χ2v) is 6.05. The molecule has 1 amide bonds. The van der Waals surface area contributed by atoms with Gasteiger partial charge in [-0.2, -0.15) is 0 Å². The zero-order valence-electron chi connectivity index (χ0n) is 14.3. The minimum Gasteiger partial charge on any atom is -0.497 e. The monoisotopic (exact) mass is 353 g/mol. The molecular formula is C18H19N5O3. The van der Waals surface area contributed by atoms with E-state index in [2.05, 4.69) is 15.0 Å². The predicted octanol–water partition coefficient (Wildman–Crippen LogP) is 1.76. The van der Waals surface area contributed by atoms with Gasteiger partial charge in [-0.05, 0) is 18.2 Å². The summed E-state index contributed by atoms with van der Waals surface area (Å²) in [7, 11) is 1.60. The highest BCUT2D eigenvalue weighted by Crippen LogP contribution is 2.28. The quantitative estimate of drug-likeness (QED) is 0.743. The molecule has 0 saturated carbocycles. The van der Waals surface area contributed by atoms with E-state index in [1.807, 2.05) is 18.2 Å². The van der Waals surface area contributed by atoms with Crippen LogP contribution in [0, 0.1) is 0 Å². The van der Waals surface area contributed by atoms with Crippen molar-refractivity contribution in [1.82, 2.24) is 19.9 Å². The van der Waals surface area contributed by atoms with E-state index in [-0.39, 0.29) is 12.0 Å². The molecule has 0 spiro atoms. The summed E-state index contributed by atoms with van der Waals surface area (Å²) >= 11 is 0. The lowest BCUT2D eigenvalue weighted by atomic mass is 10.1. The third-order valence-corrected chi connectivity index (χ3v) is 4.53. The Morgan fingerprint density at radius 1 is 1.38 bits per heavy atom. The van der Waals surface area contributed by atoms with Crippen molar-refractivity contribution in [1.29, 1.82) is 0 Å². The number of aromatic nitrogens is 3. The van der Waals surface area contributed by atoms with Crippen molar-refractivity contribution >= 4 is 22.6 Å². The minimum atomic E-state index is -0.388. The summed E-state index contributed by atoms with van der Waals surface area (Å²) in [6.45, 7) is 1.29. The van der Waals surface area contributed by atoms with Crippen molar-refractivity contribution in [2.75, 3.05) is 32.5 Å². The molecule has 0 radical (unpaired) electrons. The molecule has 0 aliphatic carbocycles. The lowest BCUT2D eigenvalue weighted by molar-refractivity contribution is -0.0244. The molecule has 3 aromatic rings. The number of morpholine rings is 1. The Hall–Kier alpha value is -3.13. The van der Waals surface area contributed by atoms with Crippen LogP contribution in [0.15, 0.2) is 36.8 Å². The maximum atomic E-state index is 13.1. The number of hydrogen-bond acceptors (Lipinski definition) is 6. The van der Waals surface area contributed by atoms with Gasteiger partial charge < -0.3 is 25.1 Å². The average molecular weight is 353 g/mol. The Morgan fingerprint density at radius 2 is 2.23 bits per heavy atom. The number of fused-ring (bicyclic) bond motifs is 1. The molecule has 1 saturated heterocycles. The number of anilines is 1. The Bertz CT molecular complexity index is 955. The molecule has 1 aliphatic rings. The lowest BCUT2D eigenvalue weighted by Crippen LogP contribution is -2.42. The Balaban J connectivity index is 1.61. The highest BCUT2D eigenvalue weighted by atomic mass is 16.5. The molecule has 2 aromatic heterocycles. The number of nitrogens with zero attached hydrogens (tertiary/aromatic N) is 3. The second-order valence-electron chi connectivity index (χ2n) is 6.05. The van der Waals surface area contributed by atoms with Crippen molar-refractivity contribution in [2.45, 2.75) is 6.10 Å². The molecule has 3 N–H and O–H groups in total. The van der Waals surface area contributed by atoms with Crippen molar-refractivity contribution in [2.24, 2.45) is 0 Å². The first-order valence-corrected chi connectivity index (χ1v) is 8.29. The largest absolute Gasteiger partial charge is 0.497 e. The number of rotatable bonds is 3. The van der Waals surface area contributed by atoms with Gasteiger partial charge in [0, 0.05) is 36.0 Å². The van der Waals surface area contributed by atoms with Gasteiger partial charge in [0.1, 0.15) is 23.4 Å². The number of nitrogens with one attached hydrogen (secondary N) is 1. The molecule has 4 rings (SSSR count). The summed E-state index contributed by atoms with van der Waals surface area (Å²) in [5.41, 5.74) is 7.95. The van der Waals surface area contributed by atoms with Crippen LogP contribution in [0.2, 0.25) is 0 Å². The Morgan fingerprint density at radius 3 is 3.04 bits per heavy atom. The van der Waals surface area contributed by atoms with Crippen molar-refractivity contribution in [3.8, 4) is 5.75 Å². The smallest absolute Gasteiger partial charge is 0.256 e. The summed E-state index contributed by atoms with van der Waals surface area (Å²) in [4.78, 5) is 26.3. The van der Waals surface area contributed by atoms with Crippen LogP contribution in [0.3, 0.4) is 0 Å². The van der Waals surface area contributed by atoms with E-state index < -0.39 is 0 Å². The molecule has 134 valence electrons. The molecule has 26 heavy (non-hydrogen) atoms. The fraction of sp³-hybridized carbons (Fsp3) is 0.278. The van der Waals surface area contributed by atoms with Gasteiger partial charge >= 0.3 is 0 Å². The van der Waals surface area contributed by atoms with Crippen LogP contribution in [0.4, 0.5) is 5.82 Å². The van der Waals surface area contributed by atoms with E-state index in [1.165, 1.54) is 6.20 Å². The molecule has 8 heteroatoms. The molecule has 8 nitrogen and oxygen atoms in total. The Kier molecular flexibility index (Phi) is 4.18. The second kappa shape index (κ2) is 6.64.